The van der Waals surface area contributed by atoms with E-state index in [4.69, 9.17) is 4.74 Å². The summed E-state index contributed by atoms with van der Waals surface area (Å²) in [5, 5.41) is 13.7. The molecule has 0 heterocycles. The summed E-state index contributed by atoms with van der Waals surface area (Å²) in [6, 6.07) is 4.59. The van der Waals surface area contributed by atoms with Gasteiger partial charge >= 0.3 is 5.97 Å². The number of benzene rings is 1. The first-order chi connectivity index (χ1) is 12.9. The molecular weight excluding hydrogens is 348 g/mol. The largest absolute Gasteiger partial charge is 0.455 e. The number of amides is 1. The lowest BCUT2D eigenvalue weighted by Gasteiger charge is -2.55. The van der Waals surface area contributed by atoms with E-state index >= 15 is 0 Å². The van der Waals surface area contributed by atoms with Crippen LogP contribution in [-0.2, 0) is 14.3 Å². The SMILES string of the molecule is Cc1cccc([N+](=O)[O-])c1NC(=O)COC(=O)C12CC3CC(CC(C3)C1)C2. The summed E-state index contributed by atoms with van der Waals surface area (Å²) >= 11 is 0. The van der Waals surface area contributed by atoms with Gasteiger partial charge in [-0.2, -0.15) is 0 Å². The summed E-state index contributed by atoms with van der Waals surface area (Å²) in [5.41, 5.74) is 0.156. The van der Waals surface area contributed by atoms with Crippen LogP contribution >= 0.6 is 0 Å². The van der Waals surface area contributed by atoms with Crippen LogP contribution in [0.15, 0.2) is 18.2 Å². The lowest BCUT2D eigenvalue weighted by atomic mass is 9.49. The zero-order valence-corrected chi connectivity index (χ0v) is 15.4. The first-order valence-electron chi connectivity index (χ1n) is 9.57. The predicted octanol–water partition coefficient (Wildman–Crippen LogP) is 3.60. The van der Waals surface area contributed by atoms with Crippen LogP contribution in [0.2, 0.25) is 0 Å². The number of anilines is 1. The molecule has 0 atom stereocenters. The normalized spacial score (nSPS) is 30.8. The van der Waals surface area contributed by atoms with Crippen molar-refractivity contribution in [2.75, 3.05) is 11.9 Å². The highest BCUT2D eigenvalue weighted by Crippen LogP contribution is 2.60. The van der Waals surface area contributed by atoms with Crippen molar-refractivity contribution in [3.63, 3.8) is 0 Å². The Balaban J connectivity index is 1.39. The summed E-state index contributed by atoms with van der Waals surface area (Å²) in [5.74, 6) is 1.04. The van der Waals surface area contributed by atoms with Crippen molar-refractivity contribution >= 4 is 23.3 Å². The Labute approximate surface area is 157 Å². The van der Waals surface area contributed by atoms with Crippen LogP contribution in [-0.4, -0.2) is 23.4 Å². The number of carbonyl (C=O) groups is 2. The molecule has 4 saturated carbocycles. The van der Waals surface area contributed by atoms with E-state index in [2.05, 4.69) is 5.32 Å². The quantitative estimate of drug-likeness (QED) is 0.484. The fourth-order valence-electron chi connectivity index (χ4n) is 5.79. The zero-order valence-electron chi connectivity index (χ0n) is 15.4. The lowest BCUT2D eigenvalue weighted by Crippen LogP contribution is -2.50. The van der Waals surface area contributed by atoms with Gasteiger partial charge in [0.05, 0.1) is 10.3 Å². The third kappa shape index (κ3) is 3.31. The topological polar surface area (TPSA) is 98.5 Å². The maximum atomic E-state index is 12.8. The third-order valence-electron chi connectivity index (χ3n) is 6.52. The van der Waals surface area contributed by atoms with E-state index in [-0.39, 0.29) is 17.3 Å². The van der Waals surface area contributed by atoms with Crippen LogP contribution < -0.4 is 5.32 Å². The highest BCUT2D eigenvalue weighted by molar-refractivity contribution is 5.96. The predicted molar refractivity (Wildman–Crippen MR) is 98.0 cm³/mol. The second kappa shape index (κ2) is 6.62. The number of hydrogen-bond acceptors (Lipinski definition) is 5. The molecule has 0 spiro atoms. The van der Waals surface area contributed by atoms with E-state index in [0.29, 0.717) is 23.3 Å². The maximum Gasteiger partial charge on any atom is 0.312 e. The van der Waals surface area contributed by atoms with Gasteiger partial charge in [-0.1, -0.05) is 12.1 Å². The molecule has 0 unspecified atom stereocenters. The number of nitrogens with one attached hydrogen (secondary N) is 1. The number of esters is 1. The molecule has 0 radical (unpaired) electrons. The number of hydrogen-bond donors (Lipinski definition) is 1. The fourth-order valence-corrected chi connectivity index (χ4v) is 5.79. The average molecular weight is 372 g/mol. The summed E-state index contributed by atoms with van der Waals surface area (Å²) in [4.78, 5) is 35.7. The van der Waals surface area contributed by atoms with Crippen molar-refractivity contribution in [1.82, 2.24) is 0 Å². The summed E-state index contributed by atoms with van der Waals surface area (Å²) < 4.78 is 5.38. The molecule has 7 nitrogen and oxygen atoms in total. The zero-order chi connectivity index (χ0) is 19.2. The number of nitro benzene ring substituents is 1. The standard InChI is InChI=1S/C20H24N2O5/c1-12-3-2-4-16(22(25)26)18(12)21-17(23)11-27-19(24)20-8-13-5-14(9-20)7-15(6-13)10-20/h2-4,13-15H,5-11H2,1H3,(H,21,23). The van der Waals surface area contributed by atoms with E-state index in [1.807, 2.05) is 0 Å². The molecule has 1 amide bonds. The molecular formula is C20H24N2O5. The molecule has 4 fully saturated rings. The van der Waals surface area contributed by atoms with Crippen LogP contribution in [0.1, 0.15) is 44.1 Å². The summed E-state index contributed by atoms with van der Waals surface area (Å²) in [7, 11) is 0. The number of ether oxygens (including phenoxy) is 1. The van der Waals surface area contributed by atoms with Crippen LogP contribution in [0.4, 0.5) is 11.4 Å². The lowest BCUT2D eigenvalue weighted by molar-refractivity contribution is -0.384. The van der Waals surface area contributed by atoms with Gasteiger partial charge in [0.2, 0.25) is 0 Å². The van der Waals surface area contributed by atoms with Gasteiger partial charge < -0.3 is 10.1 Å². The van der Waals surface area contributed by atoms with Gasteiger partial charge in [-0.3, -0.25) is 19.7 Å². The van der Waals surface area contributed by atoms with Crippen molar-refractivity contribution in [2.24, 2.45) is 23.2 Å². The van der Waals surface area contributed by atoms with Crippen LogP contribution in [0, 0.1) is 40.2 Å². The molecule has 1 N–H and O–H groups in total. The average Bonchev–Trinajstić information content (AvgIpc) is 2.60. The van der Waals surface area contributed by atoms with Crippen LogP contribution in [0.3, 0.4) is 0 Å². The Bertz CT molecular complexity index is 768. The second-order valence-corrected chi connectivity index (χ2v) is 8.55. The minimum atomic E-state index is -0.550. The molecule has 1 aromatic carbocycles. The molecule has 0 aliphatic heterocycles. The first kappa shape index (κ1) is 17.9. The Hall–Kier alpha value is -2.44. The van der Waals surface area contributed by atoms with Gasteiger partial charge in [0.15, 0.2) is 6.61 Å². The van der Waals surface area contributed by atoms with Crippen molar-refractivity contribution in [3.8, 4) is 0 Å². The van der Waals surface area contributed by atoms with Gasteiger partial charge in [0, 0.05) is 6.07 Å². The third-order valence-corrected chi connectivity index (χ3v) is 6.52. The maximum absolute atomic E-state index is 12.8. The summed E-state index contributed by atoms with van der Waals surface area (Å²) in [6.45, 7) is 1.27. The van der Waals surface area contributed by atoms with E-state index in [1.165, 1.54) is 25.3 Å². The molecule has 0 saturated heterocycles. The molecule has 5 rings (SSSR count). The molecule has 27 heavy (non-hydrogen) atoms. The monoisotopic (exact) mass is 372 g/mol. The van der Waals surface area contributed by atoms with Crippen molar-refractivity contribution in [2.45, 2.75) is 45.4 Å². The van der Waals surface area contributed by atoms with E-state index < -0.39 is 22.9 Å². The Morgan fingerprint density at radius 3 is 2.33 bits per heavy atom. The van der Waals surface area contributed by atoms with Crippen molar-refractivity contribution in [3.05, 3.63) is 33.9 Å². The van der Waals surface area contributed by atoms with E-state index in [1.54, 1.807) is 19.1 Å². The molecule has 4 aliphatic rings. The smallest absolute Gasteiger partial charge is 0.312 e. The number of nitrogens with zero attached hydrogens (tertiary/aromatic N) is 1. The van der Waals surface area contributed by atoms with Gasteiger partial charge in [0.25, 0.3) is 11.6 Å². The number of nitro groups is 1. The van der Waals surface area contributed by atoms with Crippen molar-refractivity contribution < 1.29 is 19.2 Å². The Morgan fingerprint density at radius 2 is 1.78 bits per heavy atom. The highest BCUT2D eigenvalue weighted by Gasteiger charge is 2.55. The van der Waals surface area contributed by atoms with E-state index in [9.17, 15) is 19.7 Å². The molecule has 4 aliphatic carbocycles. The number of para-hydroxylation sites is 1. The minimum absolute atomic E-state index is 0.151. The Kier molecular flexibility index (Phi) is 4.40. The number of aryl methyl sites for hydroxylation is 1. The van der Waals surface area contributed by atoms with Crippen molar-refractivity contribution in [1.29, 1.82) is 0 Å². The van der Waals surface area contributed by atoms with Crippen LogP contribution in [0.5, 0.6) is 0 Å². The molecule has 4 bridgehead atoms. The van der Waals surface area contributed by atoms with Crippen LogP contribution in [0.25, 0.3) is 0 Å². The molecule has 1 aromatic rings. The molecule has 0 aromatic heterocycles. The van der Waals surface area contributed by atoms with Gasteiger partial charge in [0.1, 0.15) is 5.69 Å². The number of carbonyl (C=O) groups excluding carboxylic acids is 2. The molecule has 144 valence electrons. The number of rotatable bonds is 5. The van der Waals surface area contributed by atoms with Gasteiger partial charge in [-0.05, 0) is 68.8 Å². The van der Waals surface area contributed by atoms with Gasteiger partial charge in [-0.15, -0.1) is 0 Å². The Morgan fingerprint density at radius 1 is 1.19 bits per heavy atom. The van der Waals surface area contributed by atoms with Gasteiger partial charge in [-0.25, -0.2) is 0 Å². The highest BCUT2D eigenvalue weighted by atomic mass is 16.6. The molecule has 7 heteroatoms. The van der Waals surface area contributed by atoms with E-state index in [0.717, 1.165) is 19.3 Å². The second-order valence-electron chi connectivity index (χ2n) is 8.55. The summed E-state index contributed by atoms with van der Waals surface area (Å²) in [6.07, 6.45) is 6.31. The first-order valence-corrected chi connectivity index (χ1v) is 9.57. The minimum Gasteiger partial charge on any atom is -0.455 e. The fraction of sp³-hybridized carbons (Fsp3) is 0.600.